The first-order chi connectivity index (χ1) is 9.06. The molecule has 2 aromatic rings. The van der Waals surface area contributed by atoms with E-state index in [2.05, 4.69) is 25.9 Å². The Hall–Kier alpha value is -1.49. The lowest BCUT2D eigenvalue weighted by atomic mass is 10.1. The molecule has 0 amide bonds. The van der Waals surface area contributed by atoms with Gasteiger partial charge in [-0.2, -0.15) is 0 Å². The van der Waals surface area contributed by atoms with E-state index in [4.69, 9.17) is 5.73 Å². The maximum Gasteiger partial charge on any atom is 0.162 e. The zero-order valence-electron chi connectivity index (χ0n) is 10.5. The second-order valence-electron chi connectivity index (χ2n) is 4.87. The zero-order valence-corrected chi connectivity index (χ0v) is 12.0. The Labute approximate surface area is 119 Å². The Bertz CT molecular complexity index is 653. The van der Waals surface area contributed by atoms with E-state index in [0.717, 1.165) is 34.1 Å². The average Bonchev–Trinajstić information content (AvgIpc) is 3.17. The molecule has 0 unspecified atom stereocenters. The molecule has 0 radical (unpaired) electrons. The summed E-state index contributed by atoms with van der Waals surface area (Å²) in [5, 5.41) is 0. The molecule has 1 aromatic carbocycles. The highest BCUT2D eigenvalue weighted by Crippen LogP contribution is 2.44. The van der Waals surface area contributed by atoms with Crippen molar-refractivity contribution in [3.05, 3.63) is 39.7 Å². The van der Waals surface area contributed by atoms with Crippen molar-refractivity contribution >= 4 is 21.7 Å². The Morgan fingerprint density at radius 3 is 2.68 bits per heavy atom. The number of halogens is 2. The summed E-state index contributed by atoms with van der Waals surface area (Å²) in [4.78, 5) is 8.90. The zero-order chi connectivity index (χ0) is 13.6. The first kappa shape index (κ1) is 12.5. The molecule has 0 saturated heterocycles. The summed E-state index contributed by atoms with van der Waals surface area (Å²) in [5.41, 5.74) is 8.53. The van der Waals surface area contributed by atoms with Gasteiger partial charge in [-0.1, -0.05) is 0 Å². The Morgan fingerprint density at radius 2 is 2.05 bits per heavy atom. The minimum absolute atomic E-state index is 0.256. The van der Waals surface area contributed by atoms with Crippen LogP contribution in [0.4, 0.5) is 10.2 Å². The monoisotopic (exact) mass is 321 g/mol. The number of aryl methyl sites for hydroxylation is 1. The summed E-state index contributed by atoms with van der Waals surface area (Å²) in [5.74, 6) is 1.23. The lowest BCUT2D eigenvalue weighted by Crippen LogP contribution is -2.03. The van der Waals surface area contributed by atoms with Crippen molar-refractivity contribution in [3.63, 3.8) is 0 Å². The van der Waals surface area contributed by atoms with Gasteiger partial charge in [-0.3, -0.25) is 0 Å². The molecule has 0 spiro atoms. The maximum absolute atomic E-state index is 13.2. The summed E-state index contributed by atoms with van der Waals surface area (Å²) in [6, 6.07) is 4.60. The van der Waals surface area contributed by atoms with Crippen molar-refractivity contribution in [1.82, 2.24) is 9.97 Å². The van der Waals surface area contributed by atoms with Crippen LogP contribution in [0.5, 0.6) is 0 Å². The van der Waals surface area contributed by atoms with Crippen LogP contribution in [-0.4, -0.2) is 9.97 Å². The van der Waals surface area contributed by atoms with Gasteiger partial charge in [0.2, 0.25) is 0 Å². The predicted octanol–water partition coefficient (Wildman–Crippen LogP) is 3.81. The lowest BCUT2D eigenvalue weighted by molar-refractivity contribution is 0.627. The second kappa shape index (κ2) is 4.56. The molecule has 19 heavy (non-hydrogen) atoms. The van der Waals surface area contributed by atoms with Crippen LogP contribution in [-0.2, 0) is 0 Å². The number of benzene rings is 1. The second-order valence-corrected chi connectivity index (χ2v) is 5.66. The van der Waals surface area contributed by atoms with Crippen molar-refractivity contribution < 1.29 is 4.39 Å². The van der Waals surface area contributed by atoms with E-state index in [-0.39, 0.29) is 5.82 Å². The van der Waals surface area contributed by atoms with E-state index in [0.29, 0.717) is 17.6 Å². The summed E-state index contributed by atoms with van der Waals surface area (Å²) in [6.07, 6.45) is 2.27. The van der Waals surface area contributed by atoms with Crippen LogP contribution in [0.2, 0.25) is 0 Å². The van der Waals surface area contributed by atoms with Crippen LogP contribution in [0.15, 0.2) is 22.7 Å². The van der Waals surface area contributed by atoms with Gasteiger partial charge in [0.25, 0.3) is 0 Å². The van der Waals surface area contributed by atoms with Gasteiger partial charge in [0.05, 0.1) is 10.2 Å². The van der Waals surface area contributed by atoms with E-state index in [1.807, 2.05) is 6.92 Å². The molecule has 2 N–H and O–H groups in total. The van der Waals surface area contributed by atoms with E-state index >= 15 is 0 Å². The topological polar surface area (TPSA) is 51.8 Å². The molecular formula is C14H13BrFN3. The fraction of sp³-hybridized carbons (Fsp3) is 0.286. The molecule has 98 valence electrons. The van der Waals surface area contributed by atoms with Crippen molar-refractivity contribution in [2.75, 3.05) is 5.73 Å². The number of hydrogen-bond donors (Lipinski definition) is 1. The van der Waals surface area contributed by atoms with Gasteiger partial charge in [0.1, 0.15) is 11.6 Å². The molecule has 1 aliphatic carbocycles. The molecule has 3 nitrogen and oxygen atoms in total. The number of nitrogen functional groups attached to an aromatic ring is 1. The Balaban J connectivity index is 2.14. The molecule has 3 rings (SSSR count). The van der Waals surface area contributed by atoms with E-state index in [1.165, 1.54) is 12.1 Å². The molecule has 1 aromatic heterocycles. The van der Waals surface area contributed by atoms with Crippen LogP contribution in [0.3, 0.4) is 0 Å². The minimum atomic E-state index is -0.256. The van der Waals surface area contributed by atoms with E-state index in [9.17, 15) is 4.39 Å². The molecular weight excluding hydrogens is 309 g/mol. The third-order valence-corrected chi connectivity index (χ3v) is 4.11. The van der Waals surface area contributed by atoms with Gasteiger partial charge in [0.15, 0.2) is 5.82 Å². The number of rotatable bonds is 2. The summed E-state index contributed by atoms with van der Waals surface area (Å²) in [7, 11) is 0. The quantitative estimate of drug-likeness (QED) is 0.914. The lowest BCUT2D eigenvalue weighted by Gasteiger charge is -2.10. The van der Waals surface area contributed by atoms with Crippen molar-refractivity contribution in [2.45, 2.75) is 25.7 Å². The average molecular weight is 322 g/mol. The third kappa shape index (κ3) is 2.34. The fourth-order valence-electron chi connectivity index (χ4n) is 2.11. The smallest absolute Gasteiger partial charge is 0.162 e. The highest BCUT2D eigenvalue weighted by atomic mass is 79.9. The molecule has 1 aliphatic rings. The molecule has 0 bridgehead atoms. The number of anilines is 1. The standard InChI is InChI=1S/C14H13BrFN3/c1-7-6-9(16)4-5-10(7)14-18-12(8-2-3-8)11(15)13(17)19-14/h4-6,8H,2-3H2,1H3,(H2,17,18,19). The number of hydrogen-bond acceptors (Lipinski definition) is 3. The van der Waals surface area contributed by atoms with Crippen LogP contribution < -0.4 is 5.73 Å². The van der Waals surface area contributed by atoms with Crippen molar-refractivity contribution in [2.24, 2.45) is 0 Å². The number of nitrogens with two attached hydrogens (primary N) is 1. The molecule has 0 atom stereocenters. The summed E-state index contributed by atoms with van der Waals surface area (Å²) in [6.45, 7) is 1.84. The third-order valence-electron chi connectivity index (χ3n) is 3.30. The van der Waals surface area contributed by atoms with E-state index < -0.39 is 0 Å². The number of nitrogens with zero attached hydrogens (tertiary/aromatic N) is 2. The van der Waals surface area contributed by atoms with E-state index in [1.54, 1.807) is 6.07 Å². The van der Waals surface area contributed by atoms with Gasteiger partial charge >= 0.3 is 0 Å². The van der Waals surface area contributed by atoms with Gasteiger partial charge in [-0.15, -0.1) is 0 Å². The molecule has 1 fully saturated rings. The van der Waals surface area contributed by atoms with Crippen molar-refractivity contribution in [1.29, 1.82) is 0 Å². The largest absolute Gasteiger partial charge is 0.383 e. The SMILES string of the molecule is Cc1cc(F)ccc1-c1nc(N)c(Br)c(C2CC2)n1. The van der Waals surface area contributed by atoms with Gasteiger partial charge < -0.3 is 5.73 Å². The van der Waals surface area contributed by atoms with Crippen LogP contribution >= 0.6 is 15.9 Å². The Kier molecular flexibility index (Phi) is 3.01. The highest BCUT2D eigenvalue weighted by Gasteiger charge is 2.29. The fourth-order valence-corrected chi connectivity index (χ4v) is 2.61. The van der Waals surface area contributed by atoms with Gasteiger partial charge in [-0.05, 0) is 59.5 Å². The maximum atomic E-state index is 13.2. The van der Waals surface area contributed by atoms with Gasteiger partial charge in [0, 0.05) is 11.5 Å². The molecule has 0 aliphatic heterocycles. The predicted molar refractivity (Wildman–Crippen MR) is 76.3 cm³/mol. The first-order valence-electron chi connectivity index (χ1n) is 6.15. The molecule has 1 heterocycles. The summed E-state index contributed by atoms with van der Waals surface area (Å²) >= 11 is 3.45. The summed E-state index contributed by atoms with van der Waals surface area (Å²) < 4.78 is 13.9. The van der Waals surface area contributed by atoms with Crippen LogP contribution in [0, 0.1) is 12.7 Å². The number of aromatic nitrogens is 2. The Morgan fingerprint density at radius 1 is 1.32 bits per heavy atom. The highest BCUT2D eigenvalue weighted by molar-refractivity contribution is 9.10. The molecule has 1 saturated carbocycles. The van der Waals surface area contributed by atoms with Crippen LogP contribution in [0.1, 0.15) is 30.0 Å². The van der Waals surface area contributed by atoms with Crippen LogP contribution in [0.25, 0.3) is 11.4 Å². The normalized spacial score (nSPS) is 14.7. The first-order valence-corrected chi connectivity index (χ1v) is 6.95. The minimum Gasteiger partial charge on any atom is -0.383 e. The molecule has 5 heteroatoms. The van der Waals surface area contributed by atoms with Gasteiger partial charge in [-0.25, -0.2) is 14.4 Å². The van der Waals surface area contributed by atoms with Crippen molar-refractivity contribution in [3.8, 4) is 11.4 Å².